The van der Waals surface area contributed by atoms with Crippen LogP contribution in [0.25, 0.3) is 11.1 Å². The third kappa shape index (κ3) is 3.30. The molecular weight excluding hydrogens is 342 g/mol. The zero-order valence-corrected chi connectivity index (χ0v) is 15.4. The Labute approximate surface area is 157 Å². The van der Waals surface area contributed by atoms with Gasteiger partial charge in [-0.2, -0.15) is 0 Å². The molecular formula is C21H21N3O3. The first-order valence-electron chi connectivity index (χ1n) is 9.02. The van der Waals surface area contributed by atoms with Gasteiger partial charge in [-0.1, -0.05) is 6.07 Å². The normalized spacial score (nSPS) is 14.6. The first-order valence-corrected chi connectivity index (χ1v) is 9.02. The van der Waals surface area contributed by atoms with Crippen LogP contribution >= 0.6 is 0 Å². The van der Waals surface area contributed by atoms with E-state index in [2.05, 4.69) is 4.98 Å². The lowest BCUT2D eigenvalue weighted by atomic mass is 10.1. The first kappa shape index (κ1) is 17.3. The maximum absolute atomic E-state index is 12.8. The average molecular weight is 363 g/mol. The van der Waals surface area contributed by atoms with Gasteiger partial charge < -0.3 is 14.2 Å². The topological polar surface area (TPSA) is 66.7 Å². The van der Waals surface area contributed by atoms with Crippen molar-refractivity contribution < 1.29 is 14.0 Å². The summed E-state index contributed by atoms with van der Waals surface area (Å²) >= 11 is 0. The number of rotatable bonds is 2. The van der Waals surface area contributed by atoms with Crippen molar-refractivity contribution in [3.05, 3.63) is 65.0 Å². The van der Waals surface area contributed by atoms with Crippen molar-refractivity contribution in [3.8, 4) is 0 Å². The standard InChI is InChI=1S/C21H21N3O3/c1-14-3-4-16(11-15(14)2)20(25)23-7-9-24(10-8-23)21(26)17-5-6-19-18(12-17)22-13-27-19/h3-6,11-13H,7-10H2,1-2H3. The van der Waals surface area contributed by atoms with Crippen molar-refractivity contribution in [1.82, 2.24) is 14.8 Å². The molecule has 27 heavy (non-hydrogen) atoms. The summed E-state index contributed by atoms with van der Waals surface area (Å²) in [5, 5.41) is 0. The lowest BCUT2D eigenvalue weighted by molar-refractivity contribution is 0.0535. The van der Waals surface area contributed by atoms with Gasteiger partial charge in [-0.15, -0.1) is 0 Å². The smallest absolute Gasteiger partial charge is 0.254 e. The van der Waals surface area contributed by atoms with Gasteiger partial charge in [0.1, 0.15) is 5.52 Å². The summed E-state index contributed by atoms with van der Waals surface area (Å²) in [5.41, 5.74) is 4.91. The molecule has 138 valence electrons. The first-order chi connectivity index (χ1) is 13.0. The van der Waals surface area contributed by atoms with Crippen LogP contribution in [0.1, 0.15) is 31.8 Å². The molecule has 0 radical (unpaired) electrons. The molecule has 1 aromatic heterocycles. The van der Waals surface area contributed by atoms with Crippen LogP contribution in [0.15, 0.2) is 47.2 Å². The summed E-state index contributed by atoms with van der Waals surface area (Å²) in [6, 6.07) is 11.0. The minimum atomic E-state index is -0.0434. The van der Waals surface area contributed by atoms with Gasteiger partial charge >= 0.3 is 0 Å². The molecule has 2 aromatic carbocycles. The molecule has 6 heteroatoms. The fourth-order valence-electron chi connectivity index (χ4n) is 3.34. The van der Waals surface area contributed by atoms with Crippen molar-refractivity contribution in [2.24, 2.45) is 0 Å². The highest BCUT2D eigenvalue weighted by molar-refractivity contribution is 5.98. The number of oxazole rings is 1. The van der Waals surface area contributed by atoms with Crippen LogP contribution in [-0.2, 0) is 0 Å². The van der Waals surface area contributed by atoms with Gasteiger partial charge in [-0.3, -0.25) is 9.59 Å². The predicted molar refractivity (Wildman–Crippen MR) is 102 cm³/mol. The number of piperazine rings is 1. The van der Waals surface area contributed by atoms with Crippen molar-refractivity contribution in [2.45, 2.75) is 13.8 Å². The monoisotopic (exact) mass is 363 g/mol. The third-order valence-electron chi connectivity index (χ3n) is 5.19. The summed E-state index contributed by atoms with van der Waals surface area (Å²) < 4.78 is 5.22. The molecule has 1 aliphatic heterocycles. The molecule has 0 bridgehead atoms. The van der Waals surface area contributed by atoms with Crippen LogP contribution in [0.4, 0.5) is 0 Å². The number of carbonyl (C=O) groups is 2. The maximum atomic E-state index is 12.8. The summed E-state index contributed by atoms with van der Waals surface area (Å²) in [5.74, 6) is -0.0209. The summed E-state index contributed by atoms with van der Waals surface area (Å²) in [7, 11) is 0. The van der Waals surface area contributed by atoms with E-state index in [1.54, 1.807) is 23.1 Å². The van der Waals surface area contributed by atoms with E-state index in [1.807, 2.05) is 36.9 Å². The van der Waals surface area contributed by atoms with Crippen LogP contribution in [0.2, 0.25) is 0 Å². The molecule has 0 N–H and O–H groups in total. The molecule has 0 saturated carbocycles. The zero-order chi connectivity index (χ0) is 19.0. The second-order valence-corrected chi connectivity index (χ2v) is 6.92. The Morgan fingerprint density at radius 2 is 1.44 bits per heavy atom. The molecule has 2 amide bonds. The van der Waals surface area contributed by atoms with Crippen LogP contribution in [0.5, 0.6) is 0 Å². The van der Waals surface area contributed by atoms with Crippen LogP contribution in [0.3, 0.4) is 0 Å². The minimum absolute atomic E-state index is 0.0224. The molecule has 1 saturated heterocycles. The Hall–Kier alpha value is -3.15. The Morgan fingerprint density at radius 1 is 0.852 bits per heavy atom. The molecule has 0 aliphatic carbocycles. The van der Waals surface area contributed by atoms with E-state index in [1.165, 1.54) is 12.0 Å². The number of carbonyl (C=O) groups excluding carboxylic acids is 2. The molecule has 1 fully saturated rings. The summed E-state index contributed by atoms with van der Waals surface area (Å²) in [6.45, 7) is 6.14. The van der Waals surface area contributed by atoms with E-state index >= 15 is 0 Å². The Bertz CT molecular complexity index is 1020. The lowest BCUT2D eigenvalue weighted by Crippen LogP contribution is -2.50. The van der Waals surface area contributed by atoms with Gasteiger partial charge in [-0.05, 0) is 55.3 Å². The maximum Gasteiger partial charge on any atom is 0.254 e. The number of hydrogen-bond donors (Lipinski definition) is 0. The molecule has 6 nitrogen and oxygen atoms in total. The van der Waals surface area contributed by atoms with Crippen LogP contribution in [-0.4, -0.2) is 52.8 Å². The number of benzene rings is 2. The fraction of sp³-hybridized carbons (Fsp3) is 0.286. The second kappa shape index (κ2) is 6.87. The highest BCUT2D eigenvalue weighted by Crippen LogP contribution is 2.18. The van der Waals surface area contributed by atoms with E-state index in [0.29, 0.717) is 48.4 Å². The Kier molecular flexibility index (Phi) is 4.39. The number of fused-ring (bicyclic) bond motifs is 1. The zero-order valence-electron chi connectivity index (χ0n) is 15.4. The SMILES string of the molecule is Cc1ccc(C(=O)N2CCN(C(=O)c3ccc4ocnc4c3)CC2)cc1C. The van der Waals surface area contributed by atoms with E-state index < -0.39 is 0 Å². The van der Waals surface area contributed by atoms with Gasteiger partial charge in [0.2, 0.25) is 0 Å². The van der Waals surface area contributed by atoms with Gasteiger partial charge in [-0.25, -0.2) is 4.98 Å². The molecule has 1 aliphatic rings. The van der Waals surface area contributed by atoms with E-state index in [4.69, 9.17) is 4.42 Å². The highest BCUT2D eigenvalue weighted by atomic mass is 16.3. The predicted octanol–water partition coefficient (Wildman–Crippen LogP) is 3.04. The quantitative estimate of drug-likeness (QED) is 0.702. The molecule has 3 aromatic rings. The van der Waals surface area contributed by atoms with Gasteiger partial charge in [0, 0.05) is 37.3 Å². The highest BCUT2D eigenvalue weighted by Gasteiger charge is 2.26. The van der Waals surface area contributed by atoms with E-state index in [-0.39, 0.29) is 11.8 Å². The molecule has 2 heterocycles. The number of aryl methyl sites for hydroxylation is 2. The van der Waals surface area contributed by atoms with Crippen molar-refractivity contribution in [3.63, 3.8) is 0 Å². The largest absolute Gasteiger partial charge is 0.443 e. The lowest BCUT2D eigenvalue weighted by Gasteiger charge is -2.35. The number of amides is 2. The Morgan fingerprint density at radius 3 is 2.07 bits per heavy atom. The molecule has 0 unspecified atom stereocenters. The summed E-state index contributed by atoms with van der Waals surface area (Å²) in [6.07, 6.45) is 1.37. The van der Waals surface area contributed by atoms with Crippen molar-refractivity contribution in [2.75, 3.05) is 26.2 Å². The van der Waals surface area contributed by atoms with Crippen LogP contribution < -0.4 is 0 Å². The molecule has 4 rings (SSSR count). The summed E-state index contributed by atoms with van der Waals surface area (Å²) in [4.78, 5) is 33.2. The number of nitrogens with zero attached hydrogens (tertiary/aromatic N) is 3. The van der Waals surface area contributed by atoms with Crippen LogP contribution in [0, 0.1) is 13.8 Å². The number of hydrogen-bond acceptors (Lipinski definition) is 4. The number of aromatic nitrogens is 1. The van der Waals surface area contributed by atoms with E-state index in [0.717, 1.165) is 5.56 Å². The van der Waals surface area contributed by atoms with E-state index in [9.17, 15) is 9.59 Å². The van der Waals surface area contributed by atoms with Gasteiger partial charge in [0.25, 0.3) is 11.8 Å². The van der Waals surface area contributed by atoms with Crippen molar-refractivity contribution in [1.29, 1.82) is 0 Å². The minimum Gasteiger partial charge on any atom is -0.443 e. The average Bonchev–Trinajstić information content (AvgIpc) is 3.17. The Balaban J connectivity index is 1.42. The second-order valence-electron chi connectivity index (χ2n) is 6.92. The molecule has 0 atom stereocenters. The fourth-order valence-corrected chi connectivity index (χ4v) is 3.34. The third-order valence-corrected chi connectivity index (χ3v) is 5.19. The van der Waals surface area contributed by atoms with Gasteiger partial charge in [0.15, 0.2) is 12.0 Å². The molecule has 0 spiro atoms. The van der Waals surface area contributed by atoms with Gasteiger partial charge in [0.05, 0.1) is 0 Å². The van der Waals surface area contributed by atoms with Crippen molar-refractivity contribution >= 4 is 22.9 Å².